The monoisotopic (exact) mass is 342 g/mol. The molecule has 0 fully saturated rings. The van der Waals surface area contributed by atoms with E-state index in [1.807, 2.05) is 48.5 Å². The molecule has 2 aromatic heterocycles. The van der Waals surface area contributed by atoms with Crippen molar-refractivity contribution in [3.63, 3.8) is 0 Å². The number of aryl methyl sites for hydroxylation is 1. The second kappa shape index (κ2) is 7.14. The Labute approximate surface area is 151 Å². The van der Waals surface area contributed by atoms with E-state index < -0.39 is 0 Å². The van der Waals surface area contributed by atoms with Crippen LogP contribution in [0.1, 0.15) is 11.3 Å². The van der Waals surface area contributed by atoms with Crippen LogP contribution in [0.25, 0.3) is 22.5 Å². The largest absolute Gasteiger partial charge is 0.347 e. The fraction of sp³-hybridized carbons (Fsp3) is 0.100. The van der Waals surface area contributed by atoms with Crippen LogP contribution >= 0.6 is 0 Å². The molecule has 0 unspecified atom stereocenters. The molecule has 4 rings (SSSR count). The van der Waals surface area contributed by atoms with Crippen molar-refractivity contribution in [3.8, 4) is 22.5 Å². The van der Waals surface area contributed by atoms with Gasteiger partial charge in [-0.3, -0.25) is 5.10 Å². The van der Waals surface area contributed by atoms with E-state index >= 15 is 0 Å². The Bertz CT molecular complexity index is 992. The van der Waals surface area contributed by atoms with E-state index in [9.17, 15) is 0 Å². The van der Waals surface area contributed by atoms with Crippen LogP contribution in [0.15, 0.2) is 66.9 Å². The normalized spacial score (nSPS) is 10.7. The van der Waals surface area contributed by atoms with Crippen LogP contribution in [0, 0.1) is 6.92 Å². The zero-order valence-electron chi connectivity index (χ0n) is 14.3. The number of anilines is 1. The number of H-pyrrole nitrogens is 1. The lowest BCUT2D eigenvalue weighted by Crippen LogP contribution is -2.05. The first-order valence-electron chi connectivity index (χ1n) is 8.38. The van der Waals surface area contributed by atoms with Gasteiger partial charge in [0.25, 0.3) is 0 Å². The minimum atomic E-state index is 0.479. The maximum Gasteiger partial charge on any atom is 0.243 e. The van der Waals surface area contributed by atoms with E-state index in [4.69, 9.17) is 0 Å². The molecular formula is C20H18N6. The molecule has 6 heteroatoms. The van der Waals surface area contributed by atoms with Gasteiger partial charge in [-0.2, -0.15) is 10.2 Å². The Morgan fingerprint density at radius 3 is 2.58 bits per heavy atom. The summed E-state index contributed by atoms with van der Waals surface area (Å²) < 4.78 is 0. The van der Waals surface area contributed by atoms with Crippen molar-refractivity contribution in [2.24, 2.45) is 0 Å². The minimum absolute atomic E-state index is 0.479. The predicted octanol–water partition coefficient (Wildman–Crippen LogP) is 3.85. The van der Waals surface area contributed by atoms with Crippen molar-refractivity contribution in [3.05, 3.63) is 78.1 Å². The average Bonchev–Trinajstić information content (AvgIpc) is 3.17. The maximum atomic E-state index is 4.53. The van der Waals surface area contributed by atoms with E-state index in [0.717, 1.165) is 28.2 Å². The molecule has 0 atom stereocenters. The van der Waals surface area contributed by atoms with E-state index in [0.29, 0.717) is 12.5 Å². The molecule has 26 heavy (non-hydrogen) atoms. The van der Waals surface area contributed by atoms with E-state index in [2.05, 4.69) is 49.8 Å². The standard InChI is InChI=1S/C20H18N6/c1-14-7-9-16(10-8-14)19-13-22-26-20(23-19)21-12-17-11-18(25-24-17)15-5-3-2-4-6-15/h2-11,13H,12H2,1H3,(H,24,25)(H,21,23,26). The molecule has 2 heterocycles. The number of rotatable bonds is 5. The van der Waals surface area contributed by atoms with Gasteiger partial charge in [-0.15, -0.1) is 5.10 Å². The van der Waals surface area contributed by atoms with Crippen LogP contribution in [0.5, 0.6) is 0 Å². The van der Waals surface area contributed by atoms with Gasteiger partial charge in [0.2, 0.25) is 5.95 Å². The third kappa shape index (κ3) is 3.59. The Hall–Kier alpha value is -3.54. The Morgan fingerprint density at radius 1 is 0.962 bits per heavy atom. The molecule has 6 nitrogen and oxygen atoms in total. The molecule has 0 amide bonds. The number of aromatic nitrogens is 5. The Morgan fingerprint density at radius 2 is 1.77 bits per heavy atom. The van der Waals surface area contributed by atoms with E-state index in [1.165, 1.54) is 5.56 Å². The van der Waals surface area contributed by atoms with Gasteiger partial charge in [-0.1, -0.05) is 60.2 Å². The number of aromatic amines is 1. The summed E-state index contributed by atoms with van der Waals surface area (Å²) in [5.74, 6) is 0.479. The third-order valence-corrected chi connectivity index (χ3v) is 4.05. The molecule has 0 aliphatic heterocycles. The van der Waals surface area contributed by atoms with Crippen molar-refractivity contribution in [2.75, 3.05) is 5.32 Å². The fourth-order valence-corrected chi connectivity index (χ4v) is 2.63. The number of nitrogens with one attached hydrogen (secondary N) is 2. The van der Waals surface area contributed by atoms with Crippen LogP contribution in [0.3, 0.4) is 0 Å². The zero-order valence-corrected chi connectivity index (χ0v) is 14.3. The van der Waals surface area contributed by atoms with Crippen molar-refractivity contribution < 1.29 is 0 Å². The molecule has 0 spiro atoms. The number of hydrogen-bond acceptors (Lipinski definition) is 5. The second-order valence-electron chi connectivity index (χ2n) is 6.02. The van der Waals surface area contributed by atoms with Crippen LogP contribution < -0.4 is 5.32 Å². The quantitative estimate of drug-likeness (QED) is 0.576. The third-order valence-electron chi connectivity index (χ3n) is 4.05. The average molecular weight is 342 g/mol. The van der Waals surface area contributed by atoms with Gasteiger partial charge in [-0.25, -0.2) is 4.98 Å². The van der Waals surface area contributed by atoms with Gasteiger partial charge < -0.3 is 5.32 Å². The van der Waals surface area contributed by atoms with Gasteiger partial charge in [-0.05, 0) is 18.6 Å². The molecule has 4 aromatic rings. The molecule has 0 saturated heterocycles. The molecule has 0 radical (unpaired) electrons. The lowest BCUT2D eigenvalue weighted by Gasteiger charge is -2.04. The maximum absolute atomic E-state index is 4.53. The summed E-state index contributed by atoms with van der Waals surface area (Å²) in [6.07, 6.45) is 1.66. The lowest BCUT2D eigenvalue weighted by molar-refractivity contribution is 0.923. The molecule has 0 saturated carbocycles. The summed E-state index contributed by atoms with van der Waals surface area (Å²) >= 11 is 0. The molecule has 0 aliphatic rings. The Kier molecular flexibility index (Phi) is 4.38. The fourth-order valence-electron chi connectivity index (χ4n) is 2.63. The van der Waals surface area contributed by atoms with Crippen LogP contribution in [0.2, 0.25) is 0 Å². The van der Waals surface area contributed by atoms with E-state index in [1.54, 1.807) is 6.20 Å². The molecular weight excluding hydrogens is 324 g/mol. The first kappa shape index (κ1) is 16.0. The van der Waals surface area contributed by atoms with E-state index in [-0.39, 0.29) is 0 Å². The van der Waals surface area contributed by atoms with Crippen LogP contribution in [0.4, 0.5) is 5.95 Å². The molecule has 128 valence electrons. The second-order valence-corrected chi connectivity index (χ2v) is 6.02. The number of nitrogens with zero attached hydrogens (tertiary/aromatic N) is 4. The Balaban J connectivity index is 1.46. The van der Waals surface area contributed by atoms with Gasteiger partial charge in [0, 0.05) is 5.56 Å². The summed E-state index contributed by atoms with van der Waals surface area (Å²) in [7, 11) is 0. The van der Waals surface area contributed by atoms with Crippen LogP contribution in [-0.4, -0.2) is 25.4 Å². The van der Waals surface area contributed by atoms with Crippen molar-refractivity contribution >= 4 is 5.95 Å². The van der Waals surface area contributed by atoms with Crippen LogP contribution in [-0.2, 0) is 6.54 Å². The van der Waals surface area contributed by atoms with Crippen molar-refractivity contribution in [1.29, 1.82) is 0 Å². The smallest absolute Gasteiger partial charge is 0.243 e. The summed E-state index contributed by atoms with van der Waals surface area (Å²) in [4.78, 5) is 4.53. The number of hydrogen-bond donors (Lipinski definition) is 2. The SMILES string of the molecule is Cc1ccc(-c2cnnc(NCc3cc(-c4ccccc4)[nH]n3)n2)cc1. The summed E-state index contributed by atoms with van der Waals surface area (Å²) in [5.41, 5.74) is 5.98. The van der Waals surface area contributed by atoms with Gasteiger partial charge >= 0.3 is 0 Å². The van der Waals surface area contributed by atoms with Crippen molar-refractivity contribution in [1.82, 2.24) is 25.4 Å². The highest BCUT2D eigenvalue weighted by Crippen LogP contribution is 2.19. The first-order chi connectivity index (χ1) is 12.8. The number of benzene rings is 2. The summed E-state index contributed by atoms with van der Waals surface area (Å²) in [6.45, 7) is 2.57. The van der Waals surface area contributed by atoms with Gasteiger partial charge in [0.05, 0.1) is 29.8 Å². The topological polar surface area (TPSA) is 79.4 Å². The summed E-state index contributed by atoms with van der Waals surface area (Å²) in [5, 5.41) is 18.7. The van der Waals surface area contributed by atoms with Gasteiger partial charge in [0.1, 0.15) is 0 Å². The first-order valence-corrected chi connectivity index (χ1v) is 8.38. The highest BCUT2D eigenvalue weighted by Gasteiger charge is 2.06. The predicted molar refractivity (Wildman–Crippen MR) is 101 cm³/mol. The zero-order chi connectivity index (χ0) is 17.8. The van der Waals surface area contributed by atoms with Gasteiger partial charge in [0.15, 0.2) is 0 Å². The molecule has 0 aliphatic carbocycles. The molecule has 2 aromatic carbocycles. The minimum Gasteiger partial charge on any atom is -0.347 e. The molecule has 2 N–H and O–H groups in total. The van der Waals surface area contributed by atoms with Crippen molar-refractivity contribution in [2.45, 2.75) is 13.5 Å². The summed E-state index contributed by atoms with van der Waals surface area (Å²) in [6, 6.07) is 20.3. The lowest BCUT2D eigenvalue weighted by atomic mass is 10.1. The highest BCUT2D eigenvalue weighted by atomic mass is 15.2. The molecule has 0 bridgehead atoms. The highest BCUT2D eigenvalue weighted by molar-refractivity contribution is 5.60.